The zero-order chi connectivity index (χ0) is 22.7. The summed E-state index contributed by atoms with van der Waals surface area (Å²) in [6.45, 7) is 1.88. The van der Waals surface area contributed by atoms with Crippen molar-refractivity contribution in [3.05, 3.63) is 88.3 Å². The highest BCUT2D eigenvalue weighted by atomic mass is 79.9. The quantitative estimate of drug-likeness (QED) is 0.357. The van der Waals surface area contributed by atoms with Crippen molar-refractivity contribution in [1.29, 1.82) is 0 Å². The van der Waals surface area contributed by atoms with Gasteiger partial charge >= 0.3 is 0 Å². The van der Waals surface area contributed by atoms with Crippen LogP contribution in [-0.4, -0.2) is 17.5 Å². The lowest BCUT2D eigenvalue weighted by molar-refractivity contribution is -0.0387. The first-order chi connectivity index (χ1) is 15.2. The van der Waals surface area contributed by atoms with Crippen LogP contribution in [0.25, 0.3) is 22.0 Å². The standard InChI is InChI=1S/C25H21BrFNO3S/c1-16-3-9-19(10-4-16)32(30,31)28-15-22(26)21-13-20(23(27)14-24(21)28)17-5-7-18(8-6-17)25(29)11-2-12-25/h3-10,13-15,29H,2,11-12H2,1H3. The molecule has 5 rings (SSSR count). The summed E-state index contributed by atoms with van der Waals surface area (Å²) in [4.78, 5) is 0.140. The van der Waals surface area contributed by atoms with Crippen molar-refractivity contribution in [2.75, 3.05) is 0 Å². The van der Waals surface area contributed by atoms with E-state index in [0.717, 1.165) is 34.4 Å². The molecule has 0 spiro atoms. The number of fused-ring (bicyclic) bond motifs is 1. The van der Waals surface area contributed by atoms with E-state index in [2.05, 4.69) is 15.9 Å². The number of aromatic nitrogens is 1. The van der Waals surface area contributed by atoms with Gasteiger partial charge in [-0.15, -0.1) is 0 Å². The predicted molar refractivity (Wildman–Crippen MR) is 127 cm³/mol. The van der Waals surface area contributed by atoms with Gasteiger partial charge in [-0.3, -0.25) is 0 Å². The molecule has 0 saturated heterocycles. The SMILES string of the molecule is Cc1ccc(S(=O)(=O)n2cc(Br)c3cc(-c4ccc(C5(O)CCC5)cc4)c(F)cc32)cc1. The Morgan fingerprint density at radius 2 is 1.69 bits per heavy atom. The summed E-state index contributed by atoms with van der Waals surface area (Å²) in [6.07, 6.45) is 3.93. The molecule has 0 atom stereocenters. The van der Waals surface area contributed by atoms with Crippen LogP contribution in [0.1, 0.15) is 30.4 Å². The van der Waals surface area contributed by atoms with Crippen molar-refractivity contribution in [3.8, 4) is 11.1 Å². The fraction of sp³-hybridized carbons (Fsp3) is 0.200. The minimum absolute atomic E-state index is 0.140. The van der Waals surface area contributed by atoms with Crippen LogP contribution in [-0.2, 0) is 15.6 Å². The van der Waals surface area contributed by atoms with Crippen LogP contribution in [0, 0.1) is 12.7 Å². The molecule has 164 valence electrons. The first-order valence-corrected chi connectivity index (χ1v) is 12.6. The third-order valence-electron chi connectivity index (χ3n) is 6.30. The number of aliphatic hydroxyl groups is 1. The van der Waals surface area contributed by atoms with Crippen molar-refractivity contribution in [2.24, 2.45) is 0 Å². The molecule has 0 bridgehead atoms. The molecule has 1 heterocycles. The van der Waals surface area contributed by atoms with E-state index in [1.807, 2.05) is 19.1 Å². The lowest BCUT2D eigenvalue weighted by Crippen LogP contribution is -2.33. The molecular formula is C25H21BrFNO3S. The van der Waals surface area contributed by atoms with E-state index in [1.165, 1.54) is 12.3 Å². The van der Waals surface area contributed by atoms with E-state index in [0.29, 0.717) is 21.0 Å². The zero-order valence-corrected chi connectivity index (χ0v) is 19.7. The fourth-order valence-corrected chi connectivity index (χ4v) is 6.20. The van der Waals surface area contributed by atoms with Gasteiger partial charge < -0.3 is 5.11 Å². The smallest absolute Gasteiger partial charge is 0.268 e. The van der Waals surface area contributed by atoms with E-state index in [4.69, 9.17) is 0 Å². The first kappa shape index (κ1) is 21.4. The third-order valence-corrected chi connectivity index (χ3v) is 8.62. The van der Waals surface area contributed by atoms with Crippen molar-refractivity contribution < 1.29 is 17.9 Å². The van der Waals surface area contributed by atoms with Gasteiger partial charge in [-0.1, -0.05) is 42.0 Å². The van der Waals surface area contributed by atoms with Crippen LogP contribution in [0.4, 0.5) is 4.39 Å². The minimum Gasteiger partial charge on any atom is -0.385 e. The molecule has 1 aliphatic rings. The van der Waals surface area contributed by atoms with E-state index in [-0.39, 0.29) is 10.4 Å². The molecule has 32 heavy (non-hydrogen) atoms. The number of hydrogen-bond acceptors (Lipinski definition) is 3. The lowest BCUT2D eigenvalue weighted by Gasteiger charge is -2.37. The maximum atomic E-state index is 15.2. The van der Waals surface area contributed by atoms with Gasteiger partial charge in [0.05, 0.1) is 16.0 Å². The summed E-state index contributed by atoms with van der Waals surface area (Å²) in [5.41, 5.74) is 2.32. The Bertz CT molecular complexity index is 1440. The molecule has 4 aromatic rings. The second-order valence-electron chi connectivity index (χ2n) is 8.40. The summed E-state index contributed by atoms with van der Waals surface area (Å²) >= 11 is 3.44. The molecule has 1 aliphatic carbocycles. The lowest BCUT2D eigenvalue weighted by atomic mass is 9.75. The summed E-state index contributed by atoms with van der Waals surface area (Å²) in [7, 11) is -3.88. The van der Waals surface area contributed by atoms with Gasteiger partial charge in [0.25, 0.3) is 10.0 Å². The van der Waals surface area contributed by atoms with Gasteiger partial charge in [-0.2, -0.15) is 0 Å². The Balaban J connectivity index is 1.59. The zero-order valence-electron chi connectivity index (χ0n) is 17.3. The Morgan fingerprint density at radius 1 is 1.03 bits per heavy atom. The Kier molecular flexibility index (Phi) is 5.04. The molecule has 1 N–H and O–H groups in total. The van der Waals surface area contributed by atoms with Crippen LogP contribution in [0.15, 0.2) is 76.2 Å². The van der Waals surface area contributed by atoms with E-state index >= 15 is 4.39 Å². The van der Waals surface area contributed by atoms with Gasteiger partial charge in [-0.05, 0) is 77.5 Å². The number of aryl methyl sites for hydroxylation is 1. The van der Waals surface area contributed by atoms with Gasteiger partial charge in [0, 0.05) is 21.6 Å². The maximum Gasteiger partial charge on any atom is 0.268 e. The molecule has 0 radical (unpaired) electrons. The molecule has 1 saturated carbocycles. The predicted octanol–water partition coefficient (Wildman–Crippen LogP) is 6.13. The van der Waals surface area contributed by atoms with Crippen LogP contribution in [0.2, 0.25) is 0 Å². The van der Waals surface area contributed by atoms with E-state index in [1.54, 1.807) is 42.5 Å². The van der Waals surface area contributed by atoms with E-state index in [9.17, 15) is 13.5 Å². The highest BCUT2D eigenvalue weighted by molar-refractivity contribution is 9.10. The topological polar surface area (TPSA) is 59.3 Å². The number of hydrogen-bond donors (Lipinski definition) is 1. The molecular weight excluding hydrogens is 493 g/mol. The minimum atomic E-state index is -3.88. The number of halogens is 2. The normalized spacial score (nSPS) is 15.6. The van der Waals surface area contributed by atoms with Crippen molar-refractivity contribution in [3.63, 3.8) is 0 Å². The van der Waals surface area contributed by atoms with Crippen LogP contribution < -0.4 is 0 Å². The molecule has 0 aliphatic heterocycles. The largest absolute Gasteiger partial charge is 0.385 e. The molecule has 1 fully saturated rings. The van der Waals surface area contributed by atoms with Crippen LogP contribution in [0.5, 0.6) is 0 Å². The average molecular weight is 514 g/mol. The third kappa shape index (κ3) is 3.39. The van der Waals surface area contributed by atoms with Crippen LogP contribution >= 0.6 is 15.9 Å². The van der Waals surface area contributed by atoms with Crippen LogP contribution in [0.3, 0.4) is 0 Å². The monoisotopic (exact) mass is 513 g/mol. The Morgan fingerprint density at radius 3 is 2.28 bits per heavy atom. The fourth-order valence-electron chi connectivity index (χ4n) is 4.18. The van der Waals surface area contributed by atoms with Gasteiger partial charge in [0.15, 0.2) is 0 Å². The second-order valence-corrected chi connectivity index (χ2v) is 11.1. The van der Waals surface area contributed by atoms with Crippen molar-refractivity contribution in [1.82, 2.24) is 3.97 Å². The summed E-state index contributed by atoms with van der Waals surface area (Å²) in [5, 5.41) is 11.1. The van der Waals surface area contributed by atoms with Gasteiger partial charge in [0.1, 0.15) is 5.82 Å². The van der Waals surface area contributed by atoms with Gasteiger partial charge in [0.2, 0.25) is 0 Å². The van der Waals surface area contributed by atoms with Crippen molar-refractivity contribution in [2.45, 2.75) is 36.7 Å². The first-order valence-electron chi connectivity index (χ1n) is 10.3. The number of benzene rings is 3. The Hall–Kier alpha value is -2.48. The molecule has 3 aromatic carbocycles. The number of rotatable bonds is 4. The van der Waals surface area contributed by atoms with E-state index < -0.39 is 21.4 Å². The molecule has 7 heteroatoms. The average Bonchev–Trinajstić information content (AvgIpc) is 3.08. The Labute approximate surface area is 194 Å². The maximum absolute atomic E-state index is 15.2. The summed E-state index contributed by atoms with van der Waals surface area (Å²) in [5.74, 6) is -0.515. The van der Waals surface area contributed by atoms with Gasteiger partial charge in [-0.25, -0.2) is 16.8 Å². The molecule has 4 nitrogen and oxygen atoms in total. The highest BCUT2D eigenvalue weighted by Gasteiger charge is 2.36. The molecule has 1 aromatic heterocycles. The summed E-state index contributed by atoms with van der Waals surface area (Å²) < 4.78 is 43.2. The molecule has 0 unspecified atom stereocenters. The van der Waals surface area contributed by atoms with Crippen molar-refractivity contribution >= 4 is 36.9 Å². The second kappa shape index (κ2) is 7.54. The summed E-state index contributed by atoms with van der Waals surface area (Å²) in [6, 6.07) is 16.7. The molecule has 0 amide bonds. The number of nitrogens with zero attached hydrogens (tertiary/aromatic N) is 1. The highest BCUT2D eigenvalue weighted by Crippen LogP contribution is 2.42.